The third kappa shape index (κ3) is 3.43. The van der Waals surface area contributed by atoms with Crippen molar-refractivity contribution in [3.63, 3.8) is 0 Å². The van der Waals surface area contributed by atoms with Gasteiger partial charge in [-0.25, -0.2) is 4.68 Å². The lowest BCUT2D eigenvalue weighted by molar-refractivity contribution is -0.141. The molecule has 3 rings (SSSR count). The molecule has 1 amide bonds. The van der Waals surface area contributed by atoms with E-state index in [0.717, 1.165) is 10.7 Å². The zero-order chi connectivity index (χ0) is 17.3. The van der Waals surface area contributed by atoms with Gasteiger partial charge in [-0.3, -0.25) is 4.79 Å². The molecule has 0 saturated carbocycles. The second-order valence-corrected chi connectivity index (χ2v) is 5.71. The number of hydrogen-bond acceptors (Lipinski definition) is 3. The third-order valence-electron chi connectivity index (χ3n) is 4.01. The number of aliphatic hydroxyl groups excluding tert-OH is 1. The van der Waals surface area contributed by atoms with Gasteiger partial charge in [-0.1, -0.05) is 0 Å². The van der Waals surface area contributed by atoms with Crippen LogP contribution in [0.5, 0.6) is 0 Å². The van der Waals surface area contributed by atoms with Crippen molar-refractivity contribution in [1.82, 2.24) is 14.7 Å². The van der Waals surface area contributed by atoms with Gasteiger partial charge >= 0.3 is 6.18 Å². The Morgan fingerprint density at radius 3 is 2.29 bits per heavy atom. The van der Waals surface area contributed by atoms with Crippen molar-refractivity contribution in [2.75, 3.05) is 13.1 Å². The molecule has 1 N–H and O–H groups in total. The van der Waals surface area contributed by atoms with Crippen LogP contribution in [0.15, 0.2) is 36.5 Å². The van der Waals surface area contributed by atoms with Crippen LogP contribution in [0, 0.1) is 0 Å². The van der Waals surface area contributed by atoms with Crippen molar-refractivity contribution in [2.45, 2.75) is 25.1 Å². The molecule has 0 aliphatic carbocycles. The van der Waals surface area contributed by atoms with Crippen LogP contribution in [0.4, 0.5) is 13.2 Å². The van der Waals surface area contributed by atoms with Crippen molar-refractivity contribution in [3.05, 3.63) is 47.8 Å². The largest absolute Gasteiger partial charge is 0.435 e. The van der Waals surface area contributed by atoms with Gasteiger partial charge in [0.25, 0.3) is 5.91 Å². The fourth-order valence-corrected chi connectivity index (χ4v) is 2.63. The summed E-state index contributed by atoms with van der Waals surface area (Å²) in [4.78, 5) is 14.0. The molecule has 1 aliphatic heterocycles. The number of hydrogen-bond donors (Lipinski definition) is 1. The van der Waals surface area contributed by atoms with Crippen LogP contribution >= 0.6 is 0 Å². The van der Waals surface area contributed by atoms with Gasteiger partial charge in [0.2, 0.25) is 0 Å². The molecule has 0 unspecified atom stereocenters. The minimum atomic E-state index is -4.49. The number of carbonyl (C=O) groups excluding carboxylic acids is 1. The predicted octanol–water partition coefficient (Wildman–Crippen LogP) is 2.49. The summed E-state index contributed by atoms with van der Waals surface area (Å²) in [7, 11) is 0. The Morgan fingerprint density at radius 1 is 1.12 bits per heavy atom. The topological polar surface area (TPSA) is 58.4 Å². The van der Waals surface area contributed by atoms with E-state index in [2.05, 4.69) is 5.10 Å². The Hall–Kier alpha value is -2.35. The Balaban J connectivity index is 1.73. The van der Waals surface area contributed by atoms with Gasteiger partial charge in [-0.15, -0.1) is 0 Å². The number of alkyl halides is 3. The number of halogens is 3. The van der Waals surface area contributed by atoms with Crippen LogP contribution in [-0.2, 0) is 6.18 Å². The first-order chi connectivity index (χ1) is 11.3. The summed E-state index contributed by atoms with van der Waals surface area (Å²) < 4.78 is 38.8. The van der Waals surface area contributed by atoms with Gasteiger partial charge in [0.15, 0.2) is 5.69 Å². The number of piperidine rings is 1. The van der Waals surface area contributed by atoms with Crippen molar-refractivity contribution < 1.29 is 23.1 Å². The van der Waals surface area contributed by atoms with E-state index in [1.54, 1.807) is 29.2 Å². The molecule has 5 nitrogen and oxygen atoms in total. The van der Waals surface area contributed by atoms with Crippen molar-refractivity contribution in [1.29, 1.82) is 0 Å². The van der Waals surface area contributed by atoms with Gasteiger partial charge in [-0.05, 0) is 43.2 Å². The normalized spacial score (nSPS) is 16.4. The summed E-state index contributed by atoms with van der Waals surface area (Å²) in [5.41, 5.74) is -0.0658. The Kier molecular flexibility index (Phi) is 4.31. The maximum atomic E-state index is 12.6. The van der Waals surface area contributed by atoms with E-state index < -0.39 is 11.9 Å². The predicted molar refractivity (Wildman–Crippen MR) is 79.7 cm³/mol. The van der Waals surface area contributed by atoms with Crippen molar-refractivity contribution >= 4 is 5.91 Å². The van der Waals surface area contributed by atoms with Crippen LogP contribution in [0.1, 0.15) is 28.9 Å². The fourth-order valence-electron chi connectivity index (χ4n) is 2.63. The molecular formula is C16H16F3N3O2. The lowest BCUT2D eigenvalue weighted by atomic mass is 10.1. The Morgan fingerprint density at radius 2 is 1.75 bits per heavy atom. The minimum absolute atomic E-state index is 0.148. The molecule has 0 atom stereocenters. The number of likely N-dealkylation sites (tertiary alicyclic amines) is 1. The average Bonchev–Trinajstić information content (AvgIpc) is 3.05. The molecule has 8 heteroatoms. The second kappa shape index (κ2) is 6.27. The first-order valence-corrected chi connectivity index (χ1v) is 7.55. The van der Waals surface area contributed by atoms with E-state index in [1.165, 1.54) is 6.20 Å². The zero-order valence-electron chi connectivity index (χ0n) is 12.7. The maximum absolute atomic E-state index is 12.6. The quantitative estimate of drug-likeness (QED) is 0.915. The van der Waals surface area contributed by atoms with Gasteiger partial charge in [0, 0.05) is 24.8 Å². The molecule has 0 spiro atoms. The molecule has 0 bridgehead atoms. The van der Waals surface area contributed by atoms with E-state index in [9.17, 15) is 23.1 Å². The summed E-state index contributed by atoms with van der Waals surface area (Å²) in [6, 6.07) is 7.14. The zero-order valence-corrected chi connectivity index (χ0v) is 12.7. The Labute approximate surface area is 136 Å². The summed E-state index contributed by atoms with van der Waals surface area (Å²) in [6.07, 6.45) is -2.51. The molecule has 1 aromatic heterocycles. The minimum Gasteiger partial charge on any atom is -0.393 e. The van der Waals surface area contributed by atoms with Gasteiger partial charge in [0.1, 0.15) is 0 Å². The summed E-state index contributed by atoms with van der Waals surface area (Å²) >= 11 is 0. The van der Waals surface area contributed by atoms with Crippen LogP contribution in [0.25, 0.3) is 5.69 Å². The maximum Gasteiger partial charge on any atom is 0.435 e. The monoisotopic (exact) mass is 339 g/mol. The SMILES string of the molecule is O=C(c1ccc(-n2ccc(C(F)(F)F)n2)cc1)N1CCC(O)CC1. The smallest absolute Gasteiger partial charge is 0.393 e. The number of rotatable bonds is 2. The van der Waals surface area contributed by atoms with E-state index in [0.29, 0.717) is 37.2 Å². The van der Waals surface area contributed by atoms with Gasteiger partial charge in [-0.2, -0.15) is 18.3 Å². The molecule has 1 fully saturated rings. The lowest BCUT2D eigenvalue weighted by Gasteiger charge is -2.29. The lowest BCUT2D eigenvalue weighted by Crippen LogP contribution is -2.40. The third-order valence-corrected chi connectivity index (χ3v) is 4.01. The number of nitrogens with zero attached hydrogens (tertiary/aromatic N) is 3. The first-order valence-electron chi connectivity index (χ1n) is 7.55. The molecule has 128 valence electrons. The van der Waals surface area contributed by atoms with Crippen LogP contribution in [-0.4, -0.2) is 44.9 Å². The molecule has 0 radical (unpaired) electrons. The Bertz CT molecular complexity index is 717. The van der Waals surface area contributed by atoms with Gasteiger partial charge in [0.05, 0.1) is 11.8 Å². The molecular weight excluding hydrogens is 323 g/mol. The molecule has 24 heavy (non-hydrogen) atoms. The number of amides is 1. The number of aromatic nitrogens is 2. The van der Waals surface area contributed by atoms with E-state index in [4.69, 9.17) is 0 Å². The van der Waals surface area contributed by atoms with E-state index >= 15 is 0 Å². The number of aliphatic hydroxyl groups is 1. The van der Waals surface area contributed by atoms with E-state index in [1.807, 2.05) is 0 Å². The van der Waals surface area contributed by atoms with Crippen LogP contribution in [0.3, 0.4) is 0 Å². The molecule has 1 saturated heterocycles. The van der Waals surface area contributed by atoms with Crippen molar-refractivity contribution in [3.8, 4) is 5.69 Å². The highest BCUT2D eigenvalue weighted by Gasteiger charge is 2.33. The van der Waals surface area contributed by atoms with Crippen LogP contribution in [0.2, 0.25) is 0 Å². The summed E-state index contributed by atoms with van der Waals surface area (Å²) in [6.45, 7) is 0.992. The molecule has 2 aromatic rings. The highest BCUT2D eigenvalue weighted by atomic mass is 19.4. The molecule has 2 heterocycles. The average molecular weight is 339 g/mol. The molecule has 1 aliphatic rings. The van der Waals surface area contributed by atoms with Gasteiger partial charge < -0.3 is 10.0 Å². The summed E-state index contributed by atoms with van der Waals surface area (Å²) in [5, 5.41) is 13.0. The fraction of sp³-hybridized carbons (Fsp3) is 0.375. The highest BCUT2D eigenvalue weighted by Crippen LogP contribution is 2.28. The number of benzene rings is 1. The van der Waals surface area contributed by atoms with Crippen LogP contribution < -0.4 is 0 Å². The standard InChI is InChI=1S/C16H16F3N3O2/c17-16(18,19)14-7-10-22(20-14)12-3-1-11(2-4-12)15(24)21-8-5-13(23)6-9-21/h1-4,7,10,13,23H,5-6,8-9H2. The molecule has 1 aromatic carbocycles. The number of carbonyl (C=O) groups is 1. The summed E-state index contributed by atoms with van der Waals surface area (Å²) in [5.74, 6) is -0.148. The highest BCUT2D eigenvalue weighted by molar-refractivity contribution is 5.94. The van der Waals surface area contributed by atoms with E-state index in [-0.39, 0.29) is 12.0 Å². The first kappa shape index (κ1) is 16.5. The van der Waals surface area contributed by atoms with Crippen molar-refractivity contribution in [2.24, 2.45) is 0 Å². The second-order valence-electron chi connectivity index (χ2n) is 5.71.